The first-order valence-electron chi connectivity index (χ1n) is 12.0. The highest BCUT2D eigenvalue weighted by Crippen LogP contribution is 2.36. The zero-order valence-electron chi connectivity index (χ0n) is 21.7. The molecule has 1 saturated heterocycles. The van der Waals surface area contributed by atoms with Gasteiger partial charge in [0.25, 0.3) is 0 Å². The Balaban J connectivity index is 1.92. The van der Waals surface area contributed by atoms with Gasteiger partial charge in [-0.05, 0) is 52.3 Å². The third kappa shape index (κ3) is 6.44. The monoisotopic (exact) mass is 539 g/mol. The van der Waals surface area contributed by atoms with Gasteiger partial charge in [0.1, 0.15) is 0 Å². The largest absolute Gasteiger partial charge is 0.463 e. The fraction of sp³-hybridized carbons (Fsp3) is 0.560. The molecule has 0 aliphatic carbocycles. The first-order valence-corrected chi connectivity index (χ1v) is 12.8. The minimum Gasteiger partial charge on any atom is -0.463 e. The lowest BCUT2D eigenvalue weighted by Gasteiger charge is -2.43. The first-order chi connectivity index (χ1) is 16.8. The van der Waals surface area contributed by atoms with E-state index in [2.05, 4.69) is 15.5 Å². The second-order valence-corrected chi connectivity index (χ2v) is 11.0. The number of urea groups is 2. The summed E-state index contributed by atoms with van der Waals surface area (Å²) in [5.74, 6) is -0.522. The van der Waals surface area contributed by atoms with Crippen molar-refractivity contribution in [3.8, 4) is 0 Å². The van der Waals surface area contributed by atoms with E-state index in [1.165, 1.54) is 4.90 Å². The van der Waals surface area contributed by atoms with Crippen LogP contribution in [0.15, 0.2) is 29.5 Å². The van der Waals surface area contributed by atoms with Crippen molar-refractivity contribution in [3.63, 3.8) is 0 Å². The summed E-state index contributed by atoms with van der Waals surface area (Å²) in [6, 6.07) is 3.64. The van der Waals surface area contributed by atoms with Crippen molar-refractivity contribution in [2.75, 3.05) is 39.8 Å². The van der Waals surface area contributed by atoms with Gasteiger partial charge in [0.05, 0.1) is 18.2 Å². The maximum atomic E-state index is 13.2. The molecule has 2 atom stereocenters. The zero-order chi connectivity index (χ0) is 26.8. The van der Waals surface area contributed by atoms with Gasteiger partial charge in [-0.3, -0.25) is 9.80 Å². The smallest absolute Gasteiger partial charge is 0.338 e. The number of amides is 4. The van der Waals surface area contributed by atoms with E-state index in [9.17, 15) is 14.4 Å². The van der Waals surface area contributed by atoms with Gasteiger partial charge < -0.3 is 20.3 Å². The van der Waals surface area contributed by atoms with Crippen molar-refractivity contribution in [1.82, 2.24) is 25.3 Å². The molecule has 2 aliphatic heterocycles. The van der Waals surface area contributed by atoms with Gasteiger partial charge in [0, 0.05) is 60.5 Å². The van der Waals surface area contributed by atoms with E-state index >= 15 is 0 Å². The highest BCUT2D eigenvalue weighted by molar-refractivity contribution is 6.35. The van der Waals surface area contributed by atoms with Crippen molar-refractivity contribution in [3.05, 3.63) is 45.1 Å². The molecular formula is C25H35Cl2N5O4. The summed E-state index contributed by atoms with van der Waals surface area (Å²) in [6.45, 7) is 11.8. The Labute approximate surface area is 222 Å². The van der Waals surface area contributed by atoms with Crippen LogP contribution >= 0.6 is 23.2 Å². The van der Waals surface area contributed by atoms with Gasteiger partial charge in [0.2, 0.25) is 0 Å². The van der Waals surface area contributed by atoms with E-state index in [-0.39, 0.29) is 30.2 Å². The number of halogens is 2. The number of rotatable bonds is 5. The van der Waals surface area contributed by atoms with Gasteiger partial charge >= 0.3 is 18.0 Å². The molecule has 0 bridgehead atoms. The molecule has 2 N–H and O–H groups in total. The molecule has 0 saturated carbocycles. The molecule has 1 fully saturated rings. The molecule has 0 radical (unpaired) electrons. The predicted molar refractivity (Wildman–Crippen MR) is 140 cm³/mol. The molecule has 9 nitrogen and oxygen atoms in total. The van der Waals surface area contributed by atoms with Crippen LogP contribution in [0.1, 0.15) is 46.2 Å². The van der Waals surface area contributed by atoms with E-state index in [1.807, 2.05) is 32.6 Å². The number of nitrogens with one attached hydrogen (secondary N) is 2. The number of nitrogens with zero attached hydrogens (tertiary/aromatic N) is 3. The molecule has 0 unspecified atom stereocenters. The van der Waals surface area contributed by atoms with Crippen LogP contribution < -0.4 is 10.6 Å². The Morgan fingerprint density at radius 2 is 1.92 bits per heavy atom. The number of hydrogen-bond donors (Lipinski definition) is 2. The van der Waals surface area contributed by atoms with Crippen molar-refractivity contribution < 1.29 is 19.1 Å². The summed E-state index contributed by atoms with van der Waals surface area (Å²) in [5, 5.41) is 6.68. The summed E-state index contributed by atoms with van der Waals surface area (Å²) >= 11 is 12.5. The topological polar surface area (TPSA) is 94.2 Å². The Morgan fingerprint density at radius 3 is 2.50 bits per heavy atom. The predicted octanol–water partition coefficient (Wildman–Crippen LogP) is 4.02. The van der Waals surface area contributed by atoms with Crippen LogP contribution in [0.3, 0.4) is 0 Å². The molecule has 1 aromatic rings. The lowest BCUT2D eigenvalue weighted by atomic mass is 9.94. The van der Waals surface area contributed by atoms with Crippen LogP contribution in [-0.2, 0) is 9.53 Å². The Kier molecular flexibility index (Phi) is 8.80. The number of carbonyl (C=O) groups is 3. The fourth-order valence-corrected chi connectivity index (χ4v) is 4.97. The first kappa shape index (κ1) is 28.1. The molecule has 36 heavy (non-hydrogen) atoms. The van der Waals surface area contributed by atoms with Crippen LogP contribution in [0, 0.1) is 0 Å². The normalized spacial score (nSPS) is 21.4. The molecule has 3 rings (SSSR count). The Morgan fingerprint density at radius 1 is 1.22 bits per heavy atom. The summed E-state index contributed by atoms with van der Waals surface area (Å²) in [7, 11) is 1.63. The summed E-state index contributed by atoms with van der Waals surface area (Å²) in [4.78, 5) is 44.3. The minimum absolute atomic E-state index is 0.0584. The lowest BCUT2D eigenvalue weighted by Crippen LogP contribution is -2.59. The van der Waals surface area contributed by atoms with Gasteiger partial charge in [-0.15, -0.1) is 0 Å². The fourth-order valence-electron chi connectivity index (χ4n) is 4.45. The van der Waals surface area contributed by atoms with E-state index < -0.39 is 12.0 Å². The molecule has 0 aromatic heterocycles. The second-order valence-electron chi connectivity index (χ2n) is 10.1. The van der Waals surface area contributed by atoms with E-state index in [0.717, 1.165) is 0 Å². The van der Waals surface area contributed by atoms with Gasteiger partial charge in [-0.1, -0.05) is 29.3 Å². The molecule has 0 spiro atoms. The van der Waals surface area contributed by atoms with Crippen molar-refractivity contribution in [2.45, 2.75) is 52.2 Å². The Hall–Kier alpha value is -2.49. The van der Waals surface area contributed by atoms with Crippen molar-refractivity contribution >= 4 is 41.2 Å². The van der Waals surface area contributed by atoms with Crippen LogP contribution in [0.4, 0.5) is 9.59 Å². The summed E-state index contributed by atoms with van der Waals surface area (Å²) < 4.78 is 5.39. The third-order valence-corrected chi connectivity index (χ3v) is 6.74. The molecule has 11 heteroatoms. The third-order valence-electron chi connectivity index (χ3n) is 6.17. The van der Waals surface area contributed by atoms with E-state index in [0.29, 0.717) is 53.1 Å². The molecular weight excluding hydrogens is 505 g/mol. The van der Waals surface area contributed by atoms with Crippen LogP contribution in [0.5, 0.6) is 0 Å². The van der Waals surface area contributed by atoms with Crippen molar-refractivity contribution in [1.29, 1.82) is 0 Å². The van der Waals surface area contributed by atoms with Crippen molar-refractivity contribution in [2.24, 2.45) is 0 Å². The molecule has 4 amide bonds. The minimum atomic E-state index is -0.788. The highest BCUT2D eigenvalue weighted by atomic mass is 35.5. The number of carbonyl (C=O) groups excluding carboxylic acids is 3. The number of esters is 1. The number of likely N-dealkylation sites (N-methyl/N-ethyl adjacent to an activating group) is 1. The quantitative estimate of drug-likeness (QED) is 0.551. The van der Waals surface area contributed by atoms with Crippen LogP contribution in [-0.4, -0.2) is 84.1 Å². The Bertz CT molecular complexity index is 1060. The number of hydrogen-bond acceptors (Lipinski definition) is 5. The highest BCUT2D eigenvalue weighted by Gasteiger charge is 2.39. The van der Waals surface area contributed by atoms with Gasteiger partial charge in [0.15, 0.2) is 0 Å². The molecule has 1 aromatic carbocycles. The molecule has 2 heterocycles. The van der Waals surface area contributed by atoms with Crippen LogP contribution in [0.25, 0.3) is 0 Å². The molecule has 198 valence electrons. The van der Waals surface area contributed by atoms with E-state index in [4.69, 9.17) is 27.9 Å². The van der Waals surface area contributed by atoms with Gasteiger partial charge in [-0.2, -0.15) is 0 Å². The summed E-state index contributed by atoms with van der Waals surface area (Å²) in [5.41, 5.74) is 1.08. The number of ether oxygens (including phenoxy) is 1. The van der Waals surface area contributed by atoms with Crippen LogP contribution in [0.2, 0.25) is 10.0 Å². The molecule has 2 aliphatic rings. The second kappa shape index (κ2) is 11.3. The lowest BCUT2D eigenvalue weighted by molar-refractivity contribution is -0.139. The summed E-state index contributed by atoms with van der Waals surface area (Å²) in [6.07, 6.45) is 0. The standard InChI is InChI=1S/C25H35Cl2N5O4/c1-7-36-22(33)20-19(14-31-10-11-32(15(2)13-31)24(35)29-25(3,4)5)30(6)23(34)28-21(20)17-9-8-16(26)12-18(17)27/h8-9,12,15,21H,7,10-11,13-14H2,1-6H3,(H,28,34)(H,29,35)/t15-,21+/m0/s1. The maximum Gasteiger partial charge on any atom is 0.338 e. The average molecular weight is 540 g/mol. The maximum absolute atomic E-state index is 13.2. The SMILES string of the molecule is CCOC(=O)C1=C(CN2CCN(C(=O)NC(C)(C)C)[C@@H](C)C2)N(C)C(=O)N[C@@H]1c1ccc(Cl)cc1Cl. The van der Waals surface area contributed by atoms with Gasteiger partial charge in [-0.25, -0.2) is 14.4 Å². The van der Waals surface area contributed by atoms with E-state index in [1.54, 1.807) is 32.2 Å². The number of piperazine rings is 1. The average Bonchev–Trinajstić information content (AvgIpc) is 2.75. The number of benzene rings is 1. The zero-order valence-corrected chi connectivity index (χ0v) is 23.2.